The zero-order chi connectivity index (χ0) is 22.9. The molecule has 1 saturated heterocycles. The van der Waals surface area contributed by atoms with Gasteiger partial charge in [-0.3, -0.25) is 4.79 Å². The molecule has 3 unspecified atom stereocenters. The number of amides is 1. The molecule has 3 rings (SSSR count). The van der Waals surface area contributed by atoms with Crippen LogP contribution in [0.5, 0.6) is 0 Å². The Bertz CT molecular complexity index is 990. The van der Waals surface area contributed by atoms with Gasteiger partial charge in [0.05, 0.1) is 17.0 Å². The molecular formula is C22H25F3N2O3S. The van der Waals surface area contributed by atoms with Gasteiger partial charge in [0, 0.05) is 30.5 Å². The summed E-state index contributed by atoms with van der Waals surface area (Å²) in [5.74, 6) is -2.78. The van der Waals surface area contributed by atoms with E-state index in [9.17, 15) is 22.9 Å². The molecule has 0 saturated carbocycles. The Morgan fingerprint density at radius 1 is 1.23 bits per heavy atom. The number of carbonyl (C=O) groups excluding carboxylic acids is 1. The first kappa shape index (κ1) is 23.4. The van der Waals surface area contributed by atoms with Crippen molar-refractivity contribution in [1.29, 1.82) is 0 Å². The summed E-state index contributed by atoms with van der Waals surface area (Å²) in [4.78, 5) is 14.2. The van der Waals surface area contributed by atoms with Crippen LogP contribution in [0.3, 0.4) is 0 Å². The summed E-state index contributed by atoms with van der Waals surface area (Å²) >= 11 is 0. The van der Waals surface area contributed by atoms with Crippen molar-refractivity contribution in [3.63, 3.8) is 0 Å². The molecule has 1 aliphatic heterocycles. The average Bonchev–Trinajstić information content (AvgIpc) is 3.02. The van der Waals surface area contributed by atoms with E-state index in [0.29, 0.717) is 19.0 Å². The molecule has 168 valence electrons. The summed E-state index contributed by atoms with van der Waals surface area (Å²) in [5.41, 5.74) is -1.26. The number of carbonyl (C=O) groups is 1. The summed E-state index contributed by atoms with van der Waals surface area (Å²) in [5, 5.41) is 10.2. The van der Waals surface area contributed by atoms with Crippen LogP contribution in [-0.2, 0) is 22.2 Å². The summed E-state index contributed by atoms with van der Waals surface area (Å²) in [6.45, 7) is 3.08. The van der Waals surface area contributed by atoms with E-state index >= 15 is 4.39 Å². The maximum absolute atomic E-state index is 15.3. The third-order valence-corrected chi connectivity index (χ3v) is 5.96. The van der Waals surface area contributed by atoms with E-state index in [-0.39, 0.29) is 29.2 Å². The molecule has 1 aliphatic rings. The highest BCUT2D eigenvalue weighted by Gasteiger charge is 2.42. The molecule has 0 aliphatic carbocycles. The Morgan fingerprint density at radius 3 is 2.45 bits per heavy atom. The van der Waals surface area contributed by atoms with Gasteiger partial charge in [-0.05, 0) is 49.9 Å². The van der Waals surface area contributed by atoms with Crippen LogP contribution in [-0.4, -0.2) is 50.6 Å². The Labute approximate surface area is 181 Å². The van der Waals surface area contributed by atoms with Crippen LogP contribution < -0.4 is 4.72 Å². The minimum atomic E-state index is -1.61. The topological polar surface area (TPSA) is 69.6 Å². The van der Waals surface area contributed by atoms with Crippen LogP contribution in [0.1, 0.15) is 25.8 Å². The van der Waals surface area contributed by atoms with Gasteiger partial charge in [0.2, 0.25) is 0 Å². The molecule has 0 radical (unpaired) electrons. The highest BCUT2D eigenvalue weighted by Crippen LogP contribution is 2.30. The van der Waals surface area contributed by atoms with Gasteiger partial charge in [-0.25, -0.2) is 22.1 Å². The number of hydrogen-bond acceptors (Lipinski definition) is 3. The average molecular weight is 455 g/mol. The number of halogens is 3. The van der Waals surface area contributed by atoms with Gasteiger partial charge in [0.15, 0.2) is 0 Å². The first-order valence-electron chi connectivity index (χ1n) is 9.84. The van der Waals surface area contributed by atoms with Gasteiger partial charge in [-0.15, -0.1) is 0 Å². The molecule has 1 amide bonds. The number of nitrogens with zero attached hydrogens (tertiary/aromatic N) is 1. The molecular weight excluding hydrogens is 429 g/mol. The second kappa shape index (κ2) is 9.10. The molecule has 2 aromatic rings. The Kier molecular flexibility index (Phi) is 6.88. The third-order valence-electron chi connectivity index (χ3n) is 5.33. The fourth-order valence-electron chi connectivity index (χ4n) is 3.96. The van der Waals surface area contributed by atoms with Crippen molar-refractivity contribution in [2.45, 2.75) is 44.4 Å². The van der Waals surface area contributed by atoms with Gasteiger partial charge in [0.25, 0.3) is 5.91 Å². The highest BCUT2D eigenvalue weighted by molar-refractivity contribution is 7.82. The molecule has 5 nitrogen and oxygen atoms in total. The van der Waals surface area contributed by atoms with Crippen molar-refractivity contribution in [1.82, 2.24) is 9.62 Å². The second-order valence-electron chi connectivity index (χ2n) is 8.23. The molecule has 3 atom stereocenters. The molecule has 0 aromatic heterocycles. The summed E-state index contributed by atoms with van der Waals surface area (Å²) in [6.07, 6.45) is 2.04. The number of rotatable bonds is 6. The van der Waals surface area contributed by atoms with Gasteiger partial charge in [0.1, 0.15) is 23.1 Å². The fraction of sp³-hybridized carbons (Fsp3) is 0.409. The number of hydrogen-bond donors (Lipinski definition) is 2. The molecule has 2 N–H and O–H groups in total. The Hall–Kier alpha value is -2.23. The quantitative estimate of drug-likeness (QED) is 0.705. The number of likely N-dealkylation sites (tertiary alicyclic amines) is 1. The predicted molar refractivity (Wildman–Crippen MR) is 113 cm³/mol. The minimum Gasteiger partial charge on any atom is -0.381 e. The van der Waals surface area contributed by atoms with Crippen LogP contribution in [0.15, 0.2) is 36.4 Å². The molecule has 2 aromatic carbocycles. The summed E-state index contributed by atoms with van der Waals surface area (Å²) in [6, 6.07) is 6.44. The fourth-order valence-corrected chi connectivity index (χ4v) is 4.66. The first-order valence-corrected chi connectivity index (χ1v) is 11.4. The normalized spacial score (nSPS) is 20.2. The number of nitrogens with one attached hydrogen (secondary N) is 1. The van der Waals surface area contributed by atoms with Crippen molar-refractivity contribution in [3.8, 4) is 11.1 Å². The maximum atomic E-state index is 15.3. The standard InChI is InChI=1S/C22H25F3N2O3S/c1-22(2,29)21(28)27-8-7-18(26-31(3)30)19(27)11-13-5-4-6-17(20(13)25)14-9-15(23)12-16(24)10-14/h4-6,9-10,12,18-19,26,29H,7-8,11H2,1-3H3. The van der Waals surface area contributed by atoms with E-state index in [4.69, 9.17) is 0 Å². The lowest BCUT2D eigenvalue weighted by molar-refractivity contribution is -0.148. The van der Waals surface area contributed by atoms with Gasteiger partial charge in [-0.2, -0.15) is 0 Å². The van der Waals surface area contributed by atoms with Crippen molar-refractivity contribution < 1.29 is 27.3 Å². The molecule has 9 heteroatoms. The molecule has 1 fully saturated rings. The zero-order valence-corrected chi connectivity index (χ0v) is 18.3. The van der Waals surface area contributed by atoms with E-state index in [1.807, 2.05) is 0 Å². The van der Waals surface area contributed by atoms with Crippen molar-refractivity contribution in [3.05, 3.63) is 59.4 Å². The molecule has 0 bridgehead atoms. The Balaban J connectivity index is 1.97. The van der Waals surface area contributed by atoms with Crippen LogP contribution in [0.4, 0.5) is 13.2 Å². The largest absolute Gasteiger partial charge is 0.381 e. The van der Waals surface area contributed by atoms with Gasteiger partial charge < -0.3 is 10.0 Å². The monoisotopic (exact) mass is 454 g/mol. The van der Waals surface area contributed by atoms with Crippen LogP contribution >= 0.6 is 0 Å². The Morgan fingerprint density at radius 2 is 1.87 bits per heavy atom. The van der Waals surface area contributed by atoms with E-state index in [0.717, 1.165) is 12.1 Å². The van der Waals surface area contributed by atoms with Gasteiger partial charge in [-0.1, -0.05) is 18.2 Å². The summed E-state index contributed by atoms with van der Waals surface area (Å²) in [7, 11) is -1.36. The van der Waals surface area contributed by atoms with E-state index in [2.05, 4.69) is 4.72 Å². The molecule has 0 spiro atoms. The lowest BCUT2D eigenvalue weighted by Gasteiger charge is -2.32. The minimum absolute atomic E-state index is 0.0397. The first-order chi connectivity index (χ1) is 14.5. The zero-order valence-electron chi connectivity index (χ0n) is 17.5. The lowest BCUT2D eigenvalue weighted by atomic mass is 9.95. The highest BCUT2D eigenvalue weighted by atomic mass is 32.2. The van der Waals surface area contributed by atoms with Crippen LogP contribution in [0, 0.1) is 17.5 Å². The smallest absolute Gasteiger partial charge is 0.254 e. The van der Waals surface area contributed by atoms with Crippen molar-refractivity contribution in [2.24, 2.45) is 0 Å². The van der Waals surface area contributed by atoms with Crippen LogP contribution in [0.25, 0.3) is 11.1 Å². The number of aliphatic hydroxyl groups is 1. The van der Waals surface area contributed by atoms with Crippen LogP contribution in [0.2, 0.25) is 0 Å². The van der Waals surface area contributed by atoms with E-state index < -0.39 is 46.0 Å². The van der Waals surface area contributed by atoms with Crippen molar-refractivity contribution >= 4 is 16.9 Å². The number of benzene rings is 2. The summed E-state index contributed by atoms with van der Waals surface area (Å²) < 4.78 is 57.3. The maximum Gasteiger partial charge on any atom is 0.254 e. The second-order valence-corrected chi connectivity index (χ2v) is 9.38. The van der Waals surface area contributed by atoms with Gasteiger partial charge >= 0.3 is 0 Å². The lowest BCUT2D eigenvalue weighted by Crippen LogP contribution is -2.52. The predicted octanol–water partition coefficient (Wildman–Crippen LogP) is 2.94. The molecule has 31 heavy (non-hydrogen) atoms. The molecule has 1 heterocycles. The third kappa shape index (κ3) is 5.34. The van der Waals surface area contributed by atoms with E-state index in [1.54, 1.807) is 12.1 Å². The van der Waals surface area contributed by atoms with Crippen molar-refractivity contribution in [2.75, 3.05) is 12.8 Å². The SMILES string of the molecule is CS(=O)NC1CCN(C(=O)C(C)(C)O)C1Cc1cccc(-c2cc(F)cc(F)c2)c1F. The van der Waals surface area contributed by atoms with E-state index in [1.165, 1.54) is 31.1 Å².